The smallest absolute Gasteiger partial charge is 0.229 e. The monoisotopic (exact) mass is 343 g/mol. The van der Waals surface area contributed by atoms with Crippen LogP contribution in [0.1, 0.15) is 37.3 Å². The molecule has 0 aliphatic carbocycles. The lowest BCUT2D eigenvalue weighted by atomic mass is 9.77. The molecule has 1 amide bonds. The minimum absolute atomic E-state index is 0.218. The van der Waals surface area contributed by atoms with Gasteiger partial charge in [-0.05, 0) is 31.0 Å². The lowest BCUT2D eigenvalue weighted by molar-refractivity contribution is -0.123. The van der Waals surface area contributed by atoms with Gasteiger partial charge >= 0.3 is 0 Å². The number of benzene rings is 2. The Hall–Kier alpha value is -1.94. The molecule has 3 nitrogen and oxygen atoms in total. The molecule has 4 heteroatoms. The van der Waals surface area contributed by atoms with Gasteiger partial charge in [0.2, 0.25) is 5.91 Å². The number of rotatable bonds is 8. The number of amides is 1. The van der Waals surface area contributed by atoms with Gasteiger partial charge in [0.05, 0.1) is 16.2 Å². The zero-order chi connectivity index (χ0) is 17.6. The van der Waals surface area contributed by atoms with Crippen LogP contribution in [0, 0.1) is 6.92 Å². The van der Waals surface area contributed by atoms with E-state index in [1.54, 1.807) is 0 Å². The van der Waals surface area contributed by atoms with Crippen molar-refractivity contribution in [2.75, 3.05) is 5.75 Å². The van der Waals surface area contributed by atoms with Crippen molar-refractivity contribution in [3.63, 3.8) is 0 Å². The van der Waals surface area contributed by atoms with Crippen LogP contribution in [0.15, 0.2) is 59.5 Å². The van der Waals surface area contributed by atoms with Gasteiger partial charge < -0.3 is 5.73 Å². The van der Waals surface area contributed by atoms with E-state index in [9.17, 15) is 9.00 Å². The van der Waals surface area contributed by atoms with Crippen LogP contribution in [0.25, 0.3) is 0 Å². The fourth-order valence-electron chi connectivity index (χ4n) is 2.87. The van der Waals surface area contributed by atoms with Gasteiger partial charge in [-0.15, -0.1) is 0 Å². The Kier molecular flexibility index (Phi) is 6.32. The van der Waals surface area contributed by atoms with Gasteiger partial charge in [-0.25, -0.2) is 0 Å². The normalized spacial score (nSPS) is 14.8. The molecular weight excluding hydrogens is 318 g/mol. The third-order valence-corrected chi connectivity index (χ3v) is 5.97. The van der Waals surface area contributed by atoms with E-state index >= 15 is 0 Å². The lowest BCUT2D eigenvalue weighted by Gasteiger charge is -2.31. The summed E-state index contributed by atoms with van der Waals surface area (Å²) in [5.74, 6) is -0.183. The number of unbranched alkanes of at least 4 members (excludes halogenated alkanes) is 1. The van der Waals surface area contributed by atoms with E-state index < -0.39 is 22.1 Å². The predicted molar refractivity (Wildman–Crippen MR) is 99.3 cm³/mol. The molecule has 0 fully saturated rings. The van der Waals surface area contributed by atoms with Crippen LogP contribution >= 0.6 is 0 Å². The highest BCUT2D eigenvalue weighted by Gasteiger charge is 2.39. The summed E-state index contributed by atoms with van der Waals surface area (Å²) in [4.78, 5) is 13.2. The zero-order valence-electron chi connectivity index (χ0n) is 14.3. The van der Waals surface area contributed by atoms with Gasteiger partial charge in [0.1, 0.15) is 0 Å². The Balaban J connectivity index is 2.39. The van der Waals surface area contributed by atoms with Gasteiger partial charge in [0.25, 0.3) is 0 Å². The topological polar surface area (TPSA) is 60.2 Å². The number of aryl methyl sites for hydroxylation is 1. The lowest BCUT2D eigenvalue weighted by Crippen LogP contribution is -2.45. The second-order valence-electron chi connectivity index (χ2n) is 6.22. The van der Waals surface area contributed by atoms with Crippen LogP contribution in [0.2, 0.25) is 0 Å². The van der Waals surface area contributed by atoms with Crippen LogP contribution in [0.3, 0.4) is 0 Å². The first kappa shape index (κ1) is 18.4. The summed E-state index contributed by atoms with van der Waals surface area (Å²) in [5, 5.41) is 0. The predicted octanol–water partition coefficient (Wildman–Crippen LogP) is 3.72. The second-order valence-corrected chi connectivity index (χ2v) is 7.67. The molecule has 24 heavy (non-hydrogen) atoms. The van der Waals surface area contributed by atoms with Gasteiger partial charge in [-0.2, -0.15) is 0 Å². The first-order chi connectivity index (χ1) is 11.5. The van der Waals surface area contributed by atoms with E-state index in [2.05, 4.69) is 6.92 Å². The summed E-state index contributed by atoms with van der Waals surface area (Å²) in [5.41, 5.74) is 6.90. The molecule has 0 aliphatic rings. The maximum Gasteiger partial charge on any atom is 0.229 e. The van der Waals surface area contributed by atoms with Crippen LogP contribution in [0.4, 0.5) is 0 Å². The molecule has 2 rings (SSSR count). The maximum absolute atomic E-state index is 12.9. The van der Waals surface area contributed by atoms with E-state index in [0.717, 1.165) is 28.9 Å². The summed E-state index contributed by atoms with van der Waals surface area (Å²) < 4.78 is 12.9. The van der Waals surface area contributed by atoms with Crippen LogP contribution < -0.4 is 5.73 Å². The summed E-state index contributed by atoms with van der Waals surface area (Å²) in [6, 6.07) is 17.1. The SMILES string of the molecule is CCCC[C@@](C[S@](=O)c1ccc(C)cc1)(C(N)=O)c1ccccc1. The molecule has 0 aliphatic heterocycles. The highest BCUT2D eigenvalue weighted by atomic mass is 32.2. The van der Waals surface area contributed by atoms with Gasteiger partial charge in [-0.3, -0.25) is 9.00 Å². The first-order valence-electron chi connectivity index (χ1n) is 8.30. The average molecular weight is 343 g/mol. The van der Waals surface area contributed by atoms with Crippen molar-refractivity contribution < 1.29 is 9.00 Å². The first-order valence-corrected chi connectivity index (χ1v) is 9.62. The summed E-state index contributed by atoms with van der Waals surface area (Å²) in [7, 11) is -1.29. The molecule has 128 valence electrons. The number of carbonyl (C=O) groups excluding carboxylic acids is 1. The third-order valence-electron chi connectivity index (χ3n) is 4.42. The minimum Gasteiger partial charge on any atom is -0.369 e. The Morgan fingerprint density at radius 2 is 1.71 bits per heavy atom. The van der Waals surface area contributed by atoms with Crippen molar-refractivity contribution in [3.8, 4) is 0 Å². The van der Waals surface area contributed by atoms with E-state index in [-0.39, 0.29) is 5.75 Å². The molecule has 0 heterocycles. The van der Waals surface area contributed by atoms with E-state index in [1.165, 1.54) is 0 Å². The summed E-state index contributed by atoms with van der Waals surface area (Å²) in [6.07, 6.45) is 2.43. The van der Waals surface area contributed by atoms with Crippen LogP contribution in [-0.2, 0) is 21.0 Å². The molecule has 2 aromatic carbocycles. The number of nitrogens with two attached hydrogens (primary N) is 1. The Morgan fingerprint density at radius 1 is 1.08 bits per heavy atom. The van der Waals surface area contributed by atoms with Crippen molar-refractivity contribution in [1.82, 2.24) is 0 Å². The van der Waals surface area contributed by atoms with Gasteiger partial charge in [-0.1, -0.05) is 67.8 Å². The van der Waals surface area contributed by atoms with E-state index in [0.29, 0.717) is 6.42 Å². The fraction of sp³-hybridized carbons (Fsp3) is 0.350. The standard InChI is InChI=1S/C20H25NO2S/c1-3-4-14-20(19(21)22,17-8-6-5-7-9-17)15-24(23)18-12-10-16(2)11-13-18/h5-13H,3-4,14-15H2,1-2H3,(H2,21,22)/t20-,24-/m0/s1. The number of hydrogen-bond acceptors (Lipinski definition) is 2. The minimum atomic E-state index is -1.29. The molecule has 2 N–H and O–H groups in total. The quantitative estimate of drug-likeness (QED) is 0.794. The Bertz CT molecular complexity index is 697. The average Bonchev–Trinajstić information content (AvgIpc) is 2.59. The van der Waals surface area contributed by atoms with Crippen molar-refractivity contribution in [2.24, 2.45) is 5.73 Å². The summed E-state index contributed by atoms with van der Waals surface area (Å²) in [6.45, 7) is 4.07. The van der Waals surface area contributed by atoms with Crippen LogP contribution in [-0.4, -0.2) is 15.9 Å². The third kappa shape index (κ3) is 4.12. The molecule has 2 aromatic rings. The molecular formula is C20H25NO2S. The number of hydrogen-bond donors (Lipinski definition) is 1. The van der Waals surface area contributed by atoms with Crippen molar-refractivity contribution in [3.05, 3.63) is 65.7 Å². The second kappa shape index (κ2) is 8.25. The highest BCUT2D eigenvalue weighted by Crippen LogP contribution is 2.32. The Labute approximate surface area is 146 Å². The zero-order valence-corrected chi connectivity index (χ0v) is 15.1. The van der Waals surface area contributed by atoms with E-state index in [1.807, 2.05) is 61.5 Å². The molecule has 0 unspecified atom stereocenters. The van der Waals surface area contributed by atoms with Crippen LogP contribution in [0.5, 0.6) is 0 Å². The molecule has 0 aromatic heterocycles. The van der Waals surface area contributed by atoms with Crippen molar-refractivity contribution >= 4 is 16.7 Å². The fourth-order valence-corrected chi connectivity index (χ4v) is 4.38. The molecule has 0 saturated heterocycles. The molecule has 2 atom stereocenters. The number of carbonyl (C=O) groups is 1. The van der Waals surface area contributed by atoms with Gasteiger partial charge in [0.15, 0.2) is 0 Å². The van der Waals surface area contributed by atoms with Crippen molar-refractivity contribution in [2.45, 2.75) is 43.4 Å². The highest BCUT2D eigenvalue weighted by molar-refractivity contribution is 7.85. The van der Waals surface area contributed by atoms with E-state index in [4.69, 9.17) is 5.73 Å². The van der Waals surface area contributed by atoms with Gasteiger partial charge in [0, 0.05) is 10.6 Å². The molecule has 0 saturated carbocycles. The Morgan fingerprint density at radius 3 is 2.25 bits per heavy atom. The molecule has 0 spiro atoms. The number of primary amides is 1. The summed E-state index contributed by atoms with van der Waals surface area (Å²) >= 11 is 0. The van der Waals surface area contributed by atoms with Crippen molar-refractivity contribution in [1.29, 1.82) is 0 Å². The molecule has 0 bridgehead atoms. The molecule has 0 radical (unpaired) electrons. The largest absolute Gasteiger partial charge is 0.369 e. The maximum atomic E-state index is 12.9.